The third-order valence-electron chi connectivity index (χ3n) is 2.72. The zero-order chi connectivity index (χ0) is 12.4. The molecule has 0 aromatic heterocycles. The second kappa shape index (κ2) is 4.43. The lowest BCUT2D eigenvalue weighted by atomic mass is 9.82. The van der Waals surface area contributed by atoms with Gasteiger partial charge in [-0.25, -0.2) is 0 Å². The van der Waals surface area contributed by atoms with Gasteiger partial charge in [0.05, 0.1) is 0 Å². The van der Waals surface area contributed by atoms with Crippen LogP contribution in [0, 0.1) is 0 Å². The maximum absolute atomic E-state index is 10.5. The Kier molecular flexibility index (Phi) is 3.60. The highest BCUT2D eigenvalue weighted by atomic mass is 32.3. The Labute approximate surface area is 96.2 Å². The molecule has 4 nitrogen and oxygen atoms in total. The normalized spacial score (nSPS) is 12.5. The summed E-state index contributed by atoms with van der Waals surface area (Å²) in [4.78, 5) is 0. The van der Waals surface area contributed by atoms with E-state index in [0.29, 0.717) is 0 Å². The molecule has 0 aliphatic heterocycles. The van der Waals surface area contributed by atoms with Crippen molar-refractivity contribution in [2.75, 3.05) is 0 Å². The first kappa shape index (κ1) is 13.0. The molecular weight excluding hydrogens is 228 g/mol. The molecule has 1 rings (SSSR count). The van der Waals surface area contributed by atoms with Gasteiger partial charge < -0.3 is 4.18 Å². The number of hydrogen-bond acceptors (Lipinski definition) is 3. The Morgan fingerprint density at radius 2 is 1.75 bits per heavy atom. The molecule has 1 N–H and O–H groups in total. The average molecular weight is 244 g/mol. The first-order valence-corrected chi connectivity index (χ1v) is 6.38. The molecule has 0 radical (unpaired) electrons. The lowest BCUT2D eigenvalue weighted by Gasteiger charge is -2.23. The Hall–Kier alpha value is -1.07. The van der Waals surface area contributed by atoms with Gasteiger partial charge in [-0.05, 0) is 29.5 Å². The van der Waals surface area contributed by atoms with Gasteiger partial charge in [0.2, 0.25) is 0 Å². The lowest BCUT2D eigenvalue weighted by Crippen LogP contribution is -2.15. The van der Waals surface area contributed by atoms with Crippen LogP contribution in [0.1, 0.15) is 32.8 Å². The maximum Gasteiger partial charge on any atom is 0.446 e. The third kappa shape index (κ3) is 3.50. The Morgan fingerprint density at radius 3 is 2.12 bits per heavy atom. The Balaban J connectivity index is 2.92. The Bertz CT molecular complexity index is 445. The van der Waals surface area contributed by atoms with E-state index in [1.165, 1.54) is 12.1 Å². The van der Waals surface area contributed by atoms with E-state index in [2.05, 4.69) is 25.0 Å². The van der Waals surface area contributed by atoms with Gasteiger partial charge in [0.25, 0.3) is 0 Å². The van der Waals surface area contributed by atoms with Crippen LogP contribution in [0.4, 0.5) is 0 Å². The molecule has 0 saturated heterocycles. The standard InChI is InChI=1S/C11H16O4S/c1-4-11(2,3)9-5-7-10(8-6-9)15-16(12,13)14/h5-8H,4H2,1-3H3,(H,12,13,14). The molecule has 0 atom stereocenters. The van der Waals surface area contributed by atoms with Crippen LogP contribution in [0.15, 0.2) is 24.3 Å². The van der Waals surface area contributed by atoms with Crippen LogP contribution in [0.3, 0.4) is 0 Å². The van der Waals surface area contributed by atoms with E-state index < -0.39 is 10.4 Å². The molecule has 0 heterocycles. The SMILES string of the molecule is CCC(C)(C)c1ccc(OS(=O)(=O)O)cc1. The maximum atomic E-state index is 10.5. The molecule has 0 spiro atoms. The minimum absolute atomic E-state index is 0.0383. The molecule has 0 bridgehead atoms. The minimum atomic E-state index is -4.43. The van der Waals surface area contributed by atoms with Gasteiger partial charge in [0.1, 0.15) is 5.75 Å². The summed E-state index contributed by atoms with van der Waals surface area (Å²) < 4.78 is 33.8. The molecule has 0 aliphatic carbocycles. The van der Waals surface area contributed by atoms with Crippen molar-refractivity contribution in [1.29, 1.82) is 0 Å². The number of benzene rings is 1. The van der Waals surface area contributed by atoms with Crippen molar-refractivity contribution < 1.29 is 17.2 Å². The summed E-state index contributed by atoms with van der Waals surface area (Å²) in [6.07, 6.45) is 0.978. The van der Waals surface area contributed by atoms with Crippen molar-refractivity contribution >= 4 is 10.4 Å². The second-order valence-electron chi connectivity index (χ2n) is 4.27. The van der Waals surface area contributed by atoms with Crippen LogP contribution in [-0.4, -0.2) is 13.0 Å². The molecule has 1 aromatic rings. The van der Waals surface area contributed by atoms with Crippen molar-refractivity contribution in [3.8, 4) is 5.75 Å². The van der Waals surface area contributed by atoms with Gasteiger partial charge in [-0.2, -0.15) is 8.42 Å². The van der Waals surface area contributed by atoms with Crippen molar-refractivity contribution in [3.05, 3.63) is 29.8 Å². The zero-order valence-electron chi connectivity index (χ0n) is 9.60. The molecule has 90 valence electrons. The fraction of sp³-hybridized carbons (Fsp3) is 0.455. The van der Waals surface area contributed by atoms with Crippen molar-refractivity contribution in [2.24, 2.45) is 0 Å². The van der Waals surface area contributed by atoms with Gasteiger partial charge >= 0.3 is 10.4 Å². The summed E-state index contributed by atoms with van der Waals surface area (Å²) in [7, 11) is -4.43. The minimum Gasteiger partial charge on any atom is -0.362 e. The largest absolute Gasteiger partial charge is 0.446 e. The van der Waals surface area contributed by atoms with E-state index in [-0.39, 0.29) is 11.2 Å². The average Bonchev–Trinajstić information content (AvgIpc) is 2.16. The molecular formula is C11H16O4S. The van der Waals surface area contributed by atoms with Crippen LogP contribution < -0.4 is 4.18 Å². The van der Waals surface area contributed by atoms with E-state index >= 15 is 0 Å². The summed E-state index contributed by atoms with van der Waals surface area (Å²) in [5.74, 6) is 0.109. The van der Waals surface area contributed by atoms with E-state index in [0.717, 1.165) is 12.0 Å². The first-order valence-electron chi connectivity index (χ1n) is 5.02. The van der Waals surface area contributed by atoms with Crippen LogP contribution >= 0.6 is 0 Å². The van der Waals surface area contributed by atoms with Gasteiger partial charge in [-0.3, -0.25) is 4.55 Å². The first-order chi connectivity index (χ1) is 7.24. The number of hydrogen-bond donors (Lipinski definition) is 1. The van der Waals surface area contributed by atoms with E-state index in [9.17, 15) is 8.42 Å². The second-order valence-corrected chi connectivity index (χ2v) is 5.30. The molecule has 0 unspecified atom stereocenters. The fourth-order valence-corrected chi connectivity index (χ4v) is 1.64. The van der Waals surface area contributed by atoms with Crippen molar-refractivity contribution in [2.45, 2.75) is 32.6 Å². The Morgan fingerprint density at radius 1 is 1.25 bits per heavy atom. The van der Waals surface area contributed by atoms with Crippen LogP contribution in [0.5, 0.6) is 5.75 Å². The van der Waals surface area contributed by atoms with E-state index in [1.54, 1.807) is 12.1 Å². The van der Waals surface area contributed by atoms with Crippen LogP contribution in [0.2, 0.25) is 0 Å². The van der Waals surface area contributed by atoms with Crippen molar-refractivity contribution in [1.82, 2.24) is 0 Å². The highest BCUT2D eigenvalue weighted by Gasteiger charge is 2.18. The lowest BCUT2D eigenvalue weighted by molar-refractivity contribution is 0.386. The topological polar surface area (TPSA) is 63.6 Å². The van der Waals surface area contributed by atoms with E-state index in [1.807, 2.05) is 0 Å². The fourth-order valence-electron chi connectivity index (χ4n) is 1.29. The monoisotopic (exact) mass is 244 g/mol. The van der Waals surface area contributed by atoms with Crippen LogP contribution in [-0.2, 0) is 15.8 Å². The predicted octanol–water partition coefficient (Wildman–Crippen LogP) is 2.56. The van der Waals surface area contributed by atoms with Crippen molar-refractivity contribution in [3.63, 3.8) is 0 Å². The highest BCUT2D eigenvalue weighted by molar-refractivity contribution is 7.81. The molecule has 0 amide bonds. The molecule has 0 saturated carbocycles. The molecule has 1 aromatic carbocycles. The summed E-state index contributed by atoms with van der Waals surface area (Å²) in [5, 5.41) is 0. The third-order valence-corrected chi connectivity index (χ3v) is 3.12. The smallest absolute Gasteiger partial charge is 0.362 e. The van der Waals surface area contributed by atoms with Gasteiger partial charge in [-0.15, -0.1) is 0 Å². The molecule has 16 heavy (non-hydrogen) atoms. The summed E-state index contributed by atoms with van der Waals surface area (Å²) >= 11 is 0. The summed E-state index contributed by atoms with van der Waals surface area (Å²) in [5.41, 5.74) is 1.13. The van der Waals surface area contributed by atoms with Gasteiger partial charge in [-0.1, -0.05) is 32.9 Å². The molecule has 0 fully saturated rings. The zero-order valence-corrected chi connectivity index (χ0v) is 10.4. The highest BCUT2D eigenvalue weighted by Crippen LogP contribution is 2.28. The summed E-state index contributed by atoms with van der Waals surface area (Å²) in [6.45, 7) is 6.29. The van der Waals surface area contributed by atoms with Gasteiger partial charge in [0, 0.05) is 0 Å². The molecule has 0 aliphatic rings. The summed E-state index contributed by atoms with van der Waals surface area (Å²) in [6, 6.07) is 6.65. The van der Waals surface area contributed by atoms with Crippen LogP contribution in [0.25, 0.3) is 0 Å². The van der Waals surface area contributed by atoms with E-state index in [4.69, 9.17) is 4.55 Å². The quantitative estimate of drug-likeness (QED) is 0.827. The van der Waals surface area contributed by atoms with Gasteiger partial charge in [0.15, 0.2) is 0 Å². The molecule has 5 heteroatoms. The number of rotatable bonds is 4. The predicted molar refractivity (Wildman–Crippen MR) is 61.9 cm³/mol.